The number of hydrogen-bond donors (Lipinski definition) is 1. The summed E-state index contributed by atoms with van der Waals surface area (Å²) in [5, 5.41) is 3.04. The smallest absolute Gasteiger partial charge is 0.314 e. The van der Waals surface area contributed by atoms with E-state index in [2.05, 4.69) is 11.9 Å². The summed E-state index contributed by atoms with van der Waals surface area (Å²) in [5.74, 6) is -1.49. The van der Waals surface area contributed by atoms with E-state index in [-0.39, 0.29) is 18.6 Å². The molecule has 0 bridgehead atoms. The predicted octanol–water partition coefficient (Wildman–Crippen LogP) is 4.78. The van der Waals surface area contributed by atoms with Gasteiger partial charge in [-0.3, -0.25) is 4.90 Å². The fraction of sp³-hybridized carbons (Fsp3) is 0.529. The zero-order valence-corrected chi connectivity index (χ0v) is 13.9. The summed E-state index contributed by atoms with van der Waals surface area (Å²) >= 11 is 0. The van der Waals surface area contributed by atoms with E-state index < -0.39 is 40.9 Å². The van der Waals surface area contributed by atoms with Gasteiger partial charge in [0, 0.05) is 37.8 Å². The van der Waals surface area contributed by atoms with Crippen LogP contribution in [0.25, 0.3) is 0 Å². The van der Waals surface area contributed by atoms with Crippen LogP contribution in [-0.4, -0.2) is 31.1 Å². The van der Waals surface area contributed by atoms with Crippen molar-refractivity contribution >= 4 is 0 Å². The van der Waals surface area contributed by atoms with E-state index in [4.69, 9.17) is 0 Å². The highest BCUT2D eigenvalue weighted by molar-refractivity contribution is 5.39. The maximum atomic E-state index is 14.5. The minimum absolute atomic E-state index is 0.00151. The highest BCUT2D eigenvalue weighted by Gasteiger charge is 2.42. The van der Waals surface area contributed by atoms with Crippen molar-refractivity contribution < 1.29 is 30.7 Å². The first-order chi connectivity index (χ1) is 12.1. The van der Waals surface area contributed by atoms with E-state index in [9.17, 15) is 30.7 Å². The lowest BCUT2D eigenvalue weighted by molar-refractivity contribution is -0.144. The number of alkyl halides is 6. The quantitative estimate of drug-likeness (QED) is 0.581. The molecule has 0 saturated carbocycles. The van der Waals surface area contributed by atoms with E-state index in [1.165, 1.54) is 6.08 Å². The van der Waals surface area contributed by atoms with Crippen LogP contribution in [0.15, 0.2) is 24.8 Å². The molecule has 26 heavy (non-hydrogen) atoms. The van der Waals surface area contributed by atoms with E-state index in [0.717, 1.165) is 0 Å². The maximum Gasteiger partial charge on any atom is 0.416 e. The third kappa shape index (κ3) is 4.76. The second-order valence-corrected chi connectivity index (χ2v) is 6.08. The highest BCUT2D eigenvalue weighted by atomic mass is 19.4. The van der Waals surface area contributed by atoms with Gasteiger partial charge < -0.3 is 5.32 Å². The molecule has 0 aromatic heterocycles. The molecule has 1 atom stereocenters. The van der Waals surface area contributed by atoms with Crippen LogP contribution in [0.2, 0.25) is 0 Å². The summed E-state index contributed by atoms with van der Waals surface area (Å²) in [5.41, 5.74) is -3.94. The zero-order chi connectivity index (χ0) is 19.5. The van der Waals surface area contributed by atoms with Gasteiger partial charge in [0.15, 0.2) is 0 Å². The second kappa shape index (κ2) is 7.96. The minimum Gasteiger partial charge on any atom is -0.314 e. The molecule has 1 aliphatic rings. The van der Waals surface area contributed by atoms with Crippen LogP contribution in [0.3, 0.4) is 0 Å². The van der Waals surface area contributed by atoms with Crippen LogP contribution in [-0.2, 0) is 12.4 Å². The van der Waals surface area contributed by atoms with Crippen molar-refractivity contribution in [3.8, 4) is 0 Å². The van der Waals surface area contributed by atoms with Crippen molar-refractivity contribution in [2.45, 2.75) is 31.2 Å². The first-order valence-corrected chi connectivity index (χ1v) is 8.09. The van der Waals surface area contributed by atoms with Gasteiger partial charge in [-0.15, -0.1) is 6.58 Å². The Hall–Kier alpha value is -1.61. The van der Waals surface area contributed by atoms with Gasteiger partial charge in [-0.05, 0) is 25.0 Å². The molecule has 0 radical (unpaired) electrons. The lowest BCUT2D eigenvalue weighted by atomic mass is 9.92. The number of piperazine rings is 1. The minimum atomic E-state index is -5.10. The third-order valence-electron chi connectivity index (χ3n) is 4.33. The van der Waals surface area contributed by atoms with Gasteiger partial charge in [-0.2, -0.15) is 26.3 Å². The molecular weight excluding hydrogens is 365 g/mol. The molecular formula is C17H19F7N2. The summed E-state index contributed by atoms with van der Waals surface area (Å²) in [6.07, 6.45) is -8.23. The normalized spacial score (nSPS) is 18.0. The maximum absolute atomic E-state index is 14.5. The van der Waals surface area contributed by atoms with Gasteiger partial charge in [0.05, 0.1) is 11.1 Å². The molecule has 0 spiro atoms. The summed E-state index contributed by atoms with van der Waals surface area (Å²) < 4.78 is 93.5. The number of halogens is 7. The topological polar surface area (TPSA) is 15.3 Å². The lowest BCUT2D eigenvalue weighted by Gasteiger charge is -2.36. The van der Waals surface area contributed by atoms with Crippen molar-refractivity contribution in [3.05, 3.63) is 47.3 Å². The largest absolute Gasteiger partial charge is 0.416 e. The molecule has 0 aliphatic carbocycles. The number of benzene rings is 1. The Morgan fingerprint density at radius 3 is 2.19 bits per heavy atom. The molecule has 1 fully saturated rings. The predicted molar refractivity (Wildman–Crippen MR) is 83.0 cm³/mol. The summed E-state index contributed by atoms with van der Waals surface area (Å²) in [6, 6.07) is -0.830. The number of rotatable bonds is 5. The molecule has 1 saturated heterocycles. The fourth-order valence-corrected chi connectivity index (χ4v) is 3.13. The molecule has 1 aromatic rings. The Balaban J connectivity index is 2.60. The van der Waals surface area contributed by atoms with Crippen LogP contribution < -0.4 is 5.32 Å². The average Bonchev–Trinajstić information content (AvgIpc) is 2.55. The molecule has 1 aromatic carbocycles. The van der Waals surface area contributed by atoms with Crippen molar-refractivity contribution in [2.24, 2.45) is 0 Å². The molecule has 1 aliphatic heterocycles. The molecule has 1 N–H and O–H groups in total. The SMILES string of the molecule is C=CCC[C@@H](c1c(F)cc(C(F)(F)F)cc1C(F)(F)F)N1CCNCC1. The number of allylic oxidation sites excluding steroid dienone is 1. The number of nitrogens with zero attached hydrogens (tertiary/aromatic N) is 1. The van der Waals surface area contributed by atoms with Crippen LogP contribution in [0.5, 0.6) is 0 Å². The molecule has 2 nitrogen and oxygen atoms in total. The summed E-state index contributed by atoms with van der Waals surface area (Å²) in [7, 11) is 0. The van der Waals surface area contributed by atoms with Crippen LogP contribution >= 0.6 is 0 Å². The Labute approximate surface area is 146 Å². The van der Waals surface area contributed by atoms with Gasteiger partial charge in [-0.1, -0.05) is 6.08 Å². The van der Waals surface area contributed by atoms with Crippen molar-refractivity contribution in [3.63, 3.8) is 0 Å². The molecule has 9 heteroatoms. The Morgan fingerprint density at radius 1 is 1.08 bits per heavy atom. The fourth-order valence-electron chi connectivity index (χ4n) is 3.13. The van der Waals surface area contributed by atoms with Crippen LogP contribution in [0.4, 0.5) is 30.7 Å². The van der Waals surface area contributed by atoms with Crippen molar-refractivity contribution in [1.29, 1.82) is 0 Å². The first kappa shape index (κ1) is 20.7. The molecule has 2 rings (SSSR count). The Kier molecular flexibility index (Phi) is 6.33. The average molecular weight is 384 g/mol. The van der Waals surface area contributed by atoms with E-state index in [1.807, 2.05) is 0 Å². The molecule has 0 unspecified atom stereocenters. The lowest BCUT2D eigenvalue weighted by Crippen LogP contribution is -2.45. The Morgan fingerprint density at radius 2 is 1.69 bits per heavy atom. The molecule has 146 valence electrons. The van der Waals surface area contributed by atoms with E-state index in [0.29, 0.717) is 32.6 Å². The van der Waals surface area contributed by atoms with Gasteiger partial charge in [0.1, 0.15) is 5.82 Å². The third-order valence-corrected chi connectivity index (χ3v) is 4.33. The summed E-state index contributed by atoms with van der Waals surface area (Å²) in [4.78, 5) is 1.67. The van der Waals surface area contributed by atoms with Gasteiger partial charge >= 0.3 is 12.4 Å². The zero-order valence-electron chi connectivity index (χ0n) is 13.9. The van der Waals surface area contributed by atoms with Crippen LogP contribution in [0.1, 0.15) is 35.6 Å². The highest BCUT2D eigenvalue weighted by Crippen LogP contribution is 2.42. The van der Waals surface area contributed by atoms with E-state index >= 15 is 0 Å². The molecule has 0 amide bonds. The first-order valence-electron chi connectivity index (χ1n) is 8.09. The van der Waals surface area contributed by atoms with Gasteiger partial charge in [-0.25, -0.2) is 4.39 Å². The summed E-state index contributed by atoms with van der Waals surface area (Å²) in [6.45, 7) is 5.28. The Bertz CT molecular complexity index is 631. The molecule has 1 heterocycles. The standard InChI is InChI=1S/C17H19F7N2/c1-2-3-4-14(26-7-5-25-6-8-26)15-12(17(22,23)24)9-11(10-13(15)18)16(19,20)21/h2,9-10,14,25H,1,3-8H2/t14-/m0/s1. The number of hydrogen-bond acceptors (Lipinski definition) is 2. The van der Waals surface area contributed by atoms with Gasteiger partial charge in [0.2, 0.25) is 0 Å². The van der Waals surface area contributed by atoms with E-state index in [1.54, 1.807) is 4.90 Å². The van der Waals surface area contributed by atoms with Crippen LogP contribution in [0, 0.1) is 5.82 Å². The van der Waals surface area contributed by atoms with Gasteiger partial charge in [0.25, 0.3) is 0 Å². The second-order valence-electron chi connectivity index (χ2n) is 6.08. The van der Waals surface area contributed by atoms with Crippen molar-refractivity contribution in [2.75, 3.05) is 26.2 Å². The number of nitrogens with one attached hydrogen (secondary N) is 1. The van der Waals surface area contributed by atoms with Crippen molar-refractivity contribution in [1.82, 2.24) is 10.2 Å². The monoisotopic (exact) mass is 384 g/mol.